The summed E-state index contributed by atoms with van der Waals surface area (Å²) < 4.78 is 24.4. The molecule has 0 spiro atoms. The standard InChI is InChI=1S/C21H27FO6/c1-11(2)27-19(24)17-15(23)10-21(5,26)18(20(25)28-12(3)4)16(17)13-7-6-8-14(22)9-13/h6-9,11-12,16-18,26H,10H2,1-5H3/t16-,17-,18-,21-/m1/s1. The summed E-state index contributed by atoms with van der Waals surface area (Å²) in [5.41, 5.74) is -1.50. The normalized spacial score (nSPS) is 27.8. The zero-order valence-electron chi connectivity index (χ0n) is 16.8. The highest BCUT2D eigenvalue weighted by Crippen LogP contribution is 2.47. The largest absolute Gasteiger partial charge is 0.463 e. The molecule has 0 radical (unpaired) electrons. The van der Waals surface area contributed by atoms with Gasteiger partial charge in [0.2, 0.25) is 0 Å². The van der Waals surface area contributed by atoms with Gasteiger partial charge in [-0.3, -0.25) is 14.4 Å². The van der Waals surface area contributed by atoms with Crippen LogP contribution in [0.5, 0.6) is 0 Å². The van der Waals surface area contributed by atoms with E-state index in [0.717, 1.165) is 6.07 Å². The van der Waals surface area contributed by atoms with Crippen LogP contribution in [0, 0.1) is 17.7 Å². The number of esters is 2. The summed E-state index contributed by atoms with van der Waals surface area (Å²) in [4.78, 5) is 38.4. The Balaban J connectivity index is 2.61. The maximum absolute atomic E-state index is 13.9. The molecule has 6 nitrogen and oxygen atoms in total. The third kappa shape index (κ3) is 4.76. The number of carbonyl (C=O) groups excluding carboxylic acids is 3. The number of rotatable bonds is 5. The number of benzene rings is 1. The van der Waals surface area contributed by atoms with Gasteiger partial charge in [0.05, 0.1) is 23.7 Å². The van der Waals surface area contributed by atoms with E-state index in [1.54, 1.807) is 27.7 Å². The predicted molar refractivity (Wildman–Crippen MR) is 98.8 cm³/mol. The van der Waals surface area contributed by atoms with Gasteiger partial charge in [-0.1, -0.05) is 12.1 Å². The maximum atomic E-state index is 13.9. The minimum absolute atomic E-state index is 0.254. The molecular weight excluding hydrogens is 367 g/mol. The summed E-state index contributed by atoms with van der Waals surface area (Å²) in [5, 5.41) is 10.9. The molecule has 1 aromatic carbocycles. The van der Waals surface area contributed by atoms with E-state index in [-0.39, 0.29) is 5.56 Å². The summed E-state index contributed by atoms with van der Waals surface area (Å²) in [6, 6.07) is 5.32. The molecule has 0 amide bonds. The van der Waals surface area contributed by atoms with E-state index >= 15 is 0 Å². The smallest absolute Gasteiger partial charge is 0.317 e. The molecule has 0 saturated heterocycles. The molecule has 0 aliphatic heterocycles. The lowest BCUT2D eigenvalue weighted by Gasteiger charge is -2.44. The molecule has 0 heterocycles. The van der Waals surface area contributed by atoms with Crippen molar-refractivity contribution < 1.29 is 33.4 Å². The van der Waals surface area contributed by atoms with Crippen molar-refractivity contribution >= 4 is 17.7 Å². The fourth-order valence-electron chi connectivity index (χ4n) is 3.74. The second-order valence-corrected chi connectivity index (χ2v) is 8.01. The Morgan fingerprint density at radius 2 is 1.71 bits per heavy atom. The quantitative estimate of drug-likeness (QED) is 0.610. The number of Topliss-reactive ketones (excluding diaryl/α,β-unsaturated/α-hetero) is 1. The van der Waals surface area contributed by atoms with Gasteiger partial charge in [-0.2, -0.15) is 0 Å². The van der Waals surface area contributed by atoms with Gasteiger partial charge in [0.15, 0.2) is 5.78 Å². The second kappa shape index (κ2) is 8.39. The van der Waals surface area contributed by atoms with Crippen molar-refractivity contribution in [3.63, 3.8) is 0 Å². The lowest BCUT2D eigenvalue weighted by atomic mass is 9.61. The van der Waals surface area contributed by atoms with Crippen LogP contribution >= 0.6 is 0 Å². The van der Waals surface area contributed by atoms with Gasteiger partial charge in [-0.25, -0.2) is 4.39 Å². The molecule has 154 valence electrons. The van der Waals surface area contributed by atoms with E-state index in [1.165, 1.54) is 25.1 Å². The molecule has 0 bridgehead atoms. The number of ketones is 1. The lowest BCUT2D eigenvalue weighted by molar-refractivity contribution is -0.176. The number of hydrogen-bond acceptors (Lipinski definition) is 6. The molecule has 0 unspecified atom stereocenters. The van der Waals surface area contributed by atoms with Crippen molar-refractivity contribution in [2.75, 3.05) is 0 Å². The molecule has 1 fully saturated rings. The molecule has 1 aromatic rings. The van der Waals surface area contributed by atoms with Gasteiger partial charge in [0.25, 0.3) is 0 Å². The van der Waals surface area contributed by atoms with Crippen LogP contribution in [0.1, 0.15) is 52.5 Å². The van der Waals surface area contributed by atoms with Crippen LogP contribution in [-0.4, -0.2) is 40.6 Å². The molecule has 2 rings (SSSR count). The molecule has 1 aliphatic rings. The maximum Gasteiger partial charge on any atom is 0.317 e. The Bertz CT molecular complexity index is 747. The zero-order chi connectivity index (χ0) is 21.2. The minimum atomic E-state index is -1.76. The fraction of sp³-hybridized carbons (Fsp3) is 0.571. The van der Waals surface area contributed by atoms with Crippen molar-refractivity contribution in [3.05, 3.63) is 35.6 Å². The number of hydrogen-bond donors (Lipinski definition) is 1. The van der Waals surface area contributed by atoms with Gasteiger partial charge in [-0.05, 0) is 52.3 Å². The third-order valence-electron chi connectivity index (χ3n) is 4.71. The third-order valence-corrected chi connectivity index (χ3v) is 4.71. The average Bonchev–Trinajstić information content (AvgIpc) is 2.51. The van der Waals surface area contributed by atoms with E-state index in [2.05, 4.69) is 0 Å². The molecule has 4 atom stereocenters. The van der Waals surface area contributed by atoms with Crippen molar-refractivity contribution in [2.24, 2.45) is 11.8 Å². The van der Waals surface area contributed by atoms with E-state index in [9.17, 15) is 23.9 Å². The highest BCUT2D eigenvalue weighted by atomic mass is 19.1. The first-order valence-corrected chi connectivity index (χ1v) is 9.35. The first-order valence-electron chi connectivity index (χ1n) is 9.35. The van der Waals surface area contributed by atoms with Crippen molar-refractivity contribution in [1.82, 2.24) is 0 Å². The molecule has 1 aliphatic carbocycles. The SMILES string of the molecule is CC(C)OC(=O)[C@@H]1C(=O)C[C@@](C)(O)[C@@H](C(=O)OC(C)C)[C@@H]1c1cccc(F)c1. The Morgan fingerprint density at radius 1 is 1.14 bits per heavy atom. The van der Waals surface area contributed by atoms with Crippen LogP contribution in [0.3, 0.4) is 0 Å². The van der Waals surface area contributed by atoms with Crippen LogP contribution < -0.4 is 0 Å². The van der Waals surface area contributed by atoms with Crippen molar-refractivity contribution in [3.8, 4) is 0 Å². The summed E-state index contributed by atoms with van der Waals surface area (Å²) in [5.74, 6) is -6.37. The highest BCUT2D eigenvalue weighted by Gasteiger charge is 2.57. The van der Waals surface area contributed by atoms with E-state index in [4.69, 9.17) is 9.47 Å². The molecular formula is C21H27FO6. The van der Waals surface area contributed by atoms with E-state index in [1.807, 2.05) is 0 Å². The summed E-state index contributed by atoms with van der Waals surface area (Å²) in [6.45, 7) is 7.95. The second-order valence-electron chi connectivity index (χ2n) is 8.01. The molecule has 1 N–H and O–H groups in total. The van der Waals surface area contributed by atoms with Crippen LogP contribution in [0.15, 0.2) is 24.3 Å². The monoisotopic (exact) mass is 394 g/mol. The number of carbonyl (C=O) groups is 3. The fourth-order valence-corrected chi connectivity index (χ4v) is 3.74. The topological polar surface area (TPSA) is 89.9 Å². The van der Waals surface area contributed by atoms with Crippen molar-refractivity contribution in [2.45, 2.75) is 64.8 Å². The number of halogens is 1. The van der Waals surface area contributed by atoms with Gasteiger partial charge < -0.3 is 14.6 Å². The lowest BCUT2D eigenvalue weighted by Crippen LogP contribution is -2.55. The number of ether oxygens (including phenoxy) is 2. The molecule has 0 aromatic heterocycles. The summed E-state index contributed by atoms with van der Waals surface area (Å²) in [7, 11) is 0. The Labute approximate surface area is 164 Å². The van der Waals surface area contributed by atoms with Gasteiger partial charge >= 0.3 is 11.9 Å². The zero-order valence-corrected chi connectivity index (χ0v) is 16.8. The van der Waals surface area contributed by atoms with Gasteiger partial charge in [-0.15, -0.1) is 0 Å². The van der Waals surface area contributed by atoms with Gasteiger partial charge in [0.1, 0.15) is 11.7 Å². The first-order chi connectivity index (χ1) is 12.9. The Hall–Kier alpha value is -2.28. The van der Waals surface area contributed by atoms with Gasteiger partial charge in [0, 0.05) is 12.3 Å². The first kappa shape index (κ1) is 22.0. The Kier molecular flexibility index (Phi) is 6.59. The molecule has 1 saturated carbocycles. The van der Waals surface area contributed by atoms with Crippen LogP contribution in [0.2, 0.25) is 0 Å². The van der Waals surface area contributed by atoms with Crippen molar-refractivity contribution in [1.29, 1.82) is 0 Å². The molecule has 7 heteroatoms. The summed E-state index contributed by atoms with van der Waals surface area (Å²) >= 11 is 0. The van der Waals surface area contributed by atoms with Crippen LogP contribution in [0.25, 0.3) is 0 Å². The van der Waals surface area contributed by atoms with Crippen LogP contribution in [0.4, 0.5) is 4.39 Å². The number of aliphatic hydroxyl groups is 1. The highest BCUT2D eigenvalue weighted by molar-refractivity contribution is 6.02. The van der Waals surface area contributed by atoms with E-state index < -0.39 is 65.5 Å². The van der Waals surface area contributed by atoms with E-state index in [0.29, 0.717) is 0 Å². The summed E-state index contributed by atoms with van der Waals surface area (Å²) in [6.07, 6.45) is -1.35. The molecule has 28 heavy (non-hydrogen) atoms. The predicted octanol–water partition coefficient (Wildman–Crippen LogP) is 2.77. The average molecular weight is 394 g/mol. The van der Waals surface area contributed by atoms with Crippen LogP contribution in [-0.2, 0) is 23.9 Å². The Morgan fingerprint density at radius 3 is 2.25 bits per heavy atom. The minimum Gasteiger partial charge on any atom is -0.463 e.